The molecule has 3 aliphatic carbocycles. The molecule has 2 saturated carbocycles. The smallest absolute Gasteiger partial charge is 0.410 e. The normalized spacial score (nSPS) is 27.1. The summed E-state index contributed by atoms with van der Waals surface area (Å²) in [4.78, 5) is 83.6. The number of ether oxygens (including phenoxy) is 2. The zero-order chi connectivity index (χ0) is 37.7. The van der Waals surface area contributed by atoms with Gasteiger partial charge in [0.2, 0.25) is 21.8 Å². The molecule has 0 radical (unpaired) electrons. The van der Waals surface area contributed by atoms with Crippen molar-refractivity contribution in [1.82, 2.24) is 25.2 Å². The third-order valence-electron chi connectivity index (χ3n) is 10.2. The highest BCUT2D eigenvalue weighted by Gasteiger charge is 2.62. The minimum absolute atomic E-state index is 0.0431. The summed E-state index contributed by atoms with van der Waals surface area (Å²) in [6.07, 6.45) is 1.40. The monoisotopic (exact) mass is 745 g/mol. The van der Waals surface area contributed by atoms with Crippen LogP contribution in [0, 0.1) is 17.7 Å². The zero-order valence-electron chi connectivity index (χ0n) is 29.5. The van der Waals surface area contributed by atoms with Gasteiger partial charge in [0, 0.05) is 18.5 Å². The summed E-state index contributed by atoms with van der Waals surface area (Å²) in [5.41, 5.74) is -1.52. The van der Waals surface area contributed by atoms with E-state index in [0.29, 0.717) is 30.4 Å². The number of nitrogens with one attached hydrogen (secondary N) is 3. The number of nitrogens with zero attached hydrogens (tertiary/aromatic N) is 2. The van der Waals surface area contributed by atoms with Crippen LogP contribution >= 0.6 is 0 Å². The fraction of sp³-hybridized carbons (Fsp3) is 0.600. The van der Waals surface area contributed by atoms with E-state index in [-0.39, 0.29) is 44.8 Å². The molecule has 1 aromatic carbocycles. The van der Waals surface area contributed by atoms with Crippen molar-refractivity contribution in [1.29, 1.82) is 0 Å². The largest absolute Gasteiger partial charge is 0.444 e. The average molecular weight is 746 g/mol. The molecule has 0 aromatic heterocycles. The minimum atomic E-state index is -3.93. The summed E-state index contributed by atoms with van der Waals surface area (Å²) in [6, 6.07) is 1.71. The van der Waals surface area contributed by atoms with Gasteiger partial charge < -0.3 is 25.0 Å². The van der Waals surface area contributed by atoms with E-state index >= 15 is 0 Å². The summed E-state index contributed by atoms with van der Waals surface area (Å²) in [5, 5.41) is 4.55. The molecule has 1 saturated heterocycles. The van der Waals surface area contributed by atoms with Crippen molar-refractivity contribution in [3.8, 4) is 0 Å². The van der Waals surface area contributed by atoms with Gasteiger partial charge in [0.1, 0.15) is 35.1 Å². The maximum atomic E-state index is 14.4. The number of halogens is 1. The Bertz CT molecular complexity index is 1830. The van der Waals surface area contributed by atoms with E-state index in [1.165, 1.54) is 23.1 Å². The molecule has 5 aliphatic rings. The number of hydrogen-bond donors (Lipinski definition) is 3. The highest BCUT2D eigenvalue weighted by Crippen LogP contribution is 2.47. The van der Waals surface area contributed by atoms with Crippen molar-refractivity contribution in [2.24, 2.45) is 11.8 Å². The van der Waals surface area contributed by atoms with Crippen LogP contribution in [-0.4, -0.2) is 95.0 Å². The number of sulfonamides is 1. The third-order valence-corrected chi connectivity index (χ3v) is 12.0. The number of benzene rings is 1. The standard InChI is InChI=1S/C35H44FN5O10S/c1-5-20-15-35(20,31(45)39-52(48,49)22-12-13-22)38-29(43)26-14-21(50-33(47)40-16-19-8-6-10-25(36)24(19)18-40)17-41(26)30(44)28(23-9-7-11-27(23)42)37-32(46)51-34(2,3)4/h6-8,10-11,20-23,26,28H,5,9,12-18H2,1-4H3,(H,37,46)(H,38,43)(H,39,45)/t20-,21-,23?,26?,28+,35-/m1/s1. The van der Waals surface area contributed by atoms with Crippen molar-refractivity contribution in [3.63, 3.8) is 0 Å². The number of fused-ring (bicyclic) bond motifs is 1. The number of hydrogen-bond acceptors (Lipinski definition) is 10. The molecule has 3 N–H and O–H groups in total. The van der Waals surface area contributed by atoms with Gasteiger partial charge in [-0.25, -0.2) is 22.4 Å². The fourth-order valence-electron chi connectivity index (χ4n) is 7.22. The Morgan fingerprint density at radius 2 is 1.85 bits per heavy atom. The zero-order valence-corrected chi connectivity index (χ0v) is 30.3. The second-order valence-corrected chi connectivity index (χ2v) is 17.2. The molecule has 3 fully saturated rings. The van der Waals surface area contributed by atoms with Gasteiger partial charge in [-0.05, 0) is 70.1 Å². The predicted molar refractivity (Wildman–Crippen MR) is 181 cm³/mol. The Morgan fingerprint density at radius 1 is 1.12 bits per heavy atom. The van der Waals surface area contributed by atoms with Gasteiger partial charge in [0.25, 0.3) is 5.91 Å². The second kappa shape index (κ2) is 13.8. The van der Waals surface area contributed by atoms with Gasteiger partial charge in [-0.2, -0.15) is 0 Å². The topological polar surface area (TPSA) is 198 Å². The van der Waals surface area contributed by atoms with Crippen LogP contribution in [0.3, 0.4) is 0 Å². The van der Waals surface area contributed by atoms with Crippen LogP contribution < -0.4 is 15.4 Å². The van der Waals surface area contributed by atoms with Gasteiger partial charge in [-0.3, -0.25) is 28.8 Å². The first-order chi connectivity index (χ1) is 24.4. The lowest BCUT2D eigenvalue weighted by Crippen LogP contribution is -2.59. The summed E-state index contributed by atoms with van der Waals surface area (Å²) in [6.45, 7) is 6.41. The van der Waals surface area contributed by atoms with Gasteiger partial charge in [-0.1, -0.05) is 31.6 Å². The molecule has 6 rings (SSSR count). The van der Waals surface area contributed by atoms with Crippen molar-refractivity contribution in [2.45, 2.75) is 114 Å². The summed E-state index contributed by atoms with van der Waals surface area (Å²) < 4.78 is 53.0. The first kappa shape index (κ1) is 37.2. The Balaban J connectivity index is 1.25. The summed E-state index contributed by atoms with van der Waals surface area (Å²) >= 11 is 0. The first-order valence-electron chi connectivity index (χ1n) is 17.5. The van der Waals surface area contributed by atoms with E-state index < -0.39 is 92.0 Å². The van der Waals surface area contributed by atoms with Gasteiger partial charge in [0.05, 0.1) is 24.3 Å². The van der Waals surface area contributed by atoms with Crippen molar-refractivity contribution in [3.05, 3.63) is 47.3 Å². The number of carbonyl (C=O) groups is 6. The van der Waals surface area contributed by atoms with Gasteiger partial charge in [0.15, 0.2) is 5.78 Å². The molecule has 0 bridgehead atoms. The number of rotatable bonds is 10. The lowest BCUT2D eigenvalue weighted by molar-refractivity contribution is -0.143. The maximum absolute atomic E-state index is 14.4. The van der Waals surface area contributed by atoms with Crippen LogP contribution in [0.25, 0.3) is 0 Å². The molecule has 17 heteroatoms. The van der Waals surface area contributed by atoms with Crippen molar-refractivity contribution >= 4 is 45.7 Å². The fourth-order valence-corrected chi connectivity index (χ4v) is 8.58. The highest BCUT2D eigenvalue weighted by molar-refractivity contribution is 7.91. The molecule has 5 amide bonds. The van der Waals surface area contributed by atoms with Crippen LogP contribution in [0.4, 0.5) is 14.0 Å². The van der Waals surface area contributed by atoms with Crippen LogP contribution in [-0.2, 0) is 51.8 Å². The average Bonchev–Trinajstić information content (AvgIpc) is 3.89. The summed E-state index contributed by atoms with van der Waals surface area (Å²) in [5.74, 6) is -4.77. The van der Waals surface area contributed by atoms with Crippen LogP contribution in [0.2, 0.25) is 0 Å². The molecular formula is C35H44FN5O10S. The highest BCUT2D eigenvalue weighted by atomic mass is 32.2. The molecular weight excluding hydrogens is 701 g/mol. The minimum Gasteiger partial charge on any atom is -0.444 e. The molecule has 2 unspecified atom stereocenters. The van der Waals surface area contributed by atoms with E-state index in [1.807, 2.05) is 0 Å². The van der Waals surface area contributed by atoms with Crippen molar-refractivity contribution < 1.29 is 51.0 Å². The molecule has 52 heavy (non-hydrogen) atoms. The second-order valence-electron chi connectivity index (χ2n) is 15.2. The van der Waals surface area contributed by atoms with Gasteiger partial charge >= 0.3 is 12.2 Å². The number of amides is 5. The van der Waals surface area contributed by atoms with Crippen LogP contribution in [0.15, 0.2) is 30.4 Å². The van der Waals surface area contributed by atoms with E-state index in [4.69, 9.17) is 9.47 Å². The Morgan fingerprint density at radius 3 is 2.44 bits per heavy atom. The molecule has 2 heterocycles. The molecule has 6 atom stereocenters. The van der Waals surface area contributed by atoms with E-state index in [1.54, 1.807) is 39.8 Å². The molecule has 282 valence electrons. The number of carbonyl (C=O) groups excluding carboxylic acids is 6. The quantitative estimate of drug-likeness (QED) is 0.319. The SMILES string of the molecule is CC[C@@H]1C[C@]1(NC(=O)C1C[C@@H](OC(=O)N2Cc3cccc(F)c3C2)CN1C(=O)[C@@H](NC(=O)OC(C)(C)C)C1CC=CC1=O)C(=O)NS(=O)(=O)C1CC1. The lowest BCUT2D eigenvalue weighted by atomic mass is 9.94. The maximum Gasteiger partial charge on any atom is 0.410 e. The Hall–Kier alpha value is -4.54. The molecule has 1 aromatic rings. The van der Waals surface area contributed by atoms with Crippen LogP contribution in [0.5, 0.6) is 0 Å². The van der Waals surface area contributed by atoms with E-state index in [0.717, 1.165) is 4.90 Å². The number of likely N-dealkylation sites (tertiary alicyclic amines) is 1. The molecule has 0 spiro atoms. The molecule has 2 aliphatic heterocycles. The van der Waals surface area contributed by atoms with Crippen molar-refractivity contribution in [2.75, 3.05) is 6.54 Å². The van der Waals surface area contributed by atoms with E-state index in [9.17, 15) is 41.6 Å². The lowest BCUT2D eigenvalue weighted by Gasteiger charge is -2.32. The third kappa shape index (κ3) is 7.64. The van der Waals surface area contributed by atoms with E-state index in [2.05, 4.69) is 15.4 Å². The Labute approximate surface area is 301 Å². The predicted octanol–water partition coefficient (Wildman–Crippen LogP) is 2.18. The van der Waals surface area contributed by atoms with Crippen LogP contribution in [0.1, 0.15) is 77.3 Å². The molecule has 15 nitrogen and oxygen atoms in total. The number of ketones is 1. The Kier molecular flexibility index (Phi) is 9.87. The first-order valence-corrected chi connectivity index (χ1v) is 19.1. The number of allylic oxidation sites excluding steroid dienone is 2. The number of alkyl carbamates (subject to hydrolysis) is 1. The van der Waals surface area contributed by atoms with Gasteiger partial charge in [-0.15, -0.1) is 0 Å². The summed E-state index contributed by atoms with van der Waals surface area (Å²) in [7, 11) is -3.93.